The van der Waals surface area contributed by atoms with E-state index in [2.05, 4.69) is 10.6 Å². The van der Waals surface area contributed by atoms with Gasteiger partial charge >= 0.3 is 6.18 Å². The zero-order chi connectivity index (χ0) is 20.9. The summed E-state index contributed by atoms with van der Waals surface area (Å²) >= 11 is 0. The molecule has 9 heteroatoms. The maximum absolute atomic E-state index is 13.0. The van der Waals surface area contributed by atoms with Gasteiger partial charge in [-0.15, -0.1) is 0 Å². The zero-order valence-corrected chi connectivity index (χ0v) is 15.0. The van der Waals surface area contributed by atoms with Crippen molar-refractivity contribution in [2.45, 2.75) is 20.0 Å². The van der Waals surface area contributed by atoms with Crippen LogP contribution in [0.15, 0.2) is 42.5 Å². The number of hydrogen-bond acceptors (Lipinski definition) is 4. The van der Waals surface area contributed by atoms with Gasteiger partial charge in [-0.3, -0.25) is 14.4 Å². The SMILES string of the molecule is CC(=O)Nc1ccc(C(C)=O)cc1OCC(=O)Nc1ccccc1C(F)(F)F. The van der Waals surface area contributed by atoms with Gasteiger partial charge in [-0.2, -0.15) is 13.2 Å². The normalized spacial score (nSPS) is 10.9. The highest BCUT2D eigenvalue weighted by atomic mass is 19.4. The molecule has 2 N–H and O–H groups in total. The highest BCUT2D eigenvalue weighted by Gasteiger charge is 2.33. The van der Waals surface area contributed by atoms with Gasteiger partial charge in [-0.25, -0.2) is 0 Å². The third-order valence-electron chi connectivity index (χ3n) is 3.56. The van der Waals surface area contributed by atoms with Gasteiger partial charge in [0, 0.05) is 12.5 Å². The van der Waals surface area contributed by atoms with Gasteiger partial charge in [0.1, 0.15) is 5.75 Å². The van der Waals surface area contributed by atoms with E-state index in [9.17, 15) is 27.6 Å². The molecule has 0 heterocycles. The number of rotatable bonds is 6. The van der Waals surface area contributed by atoms with Crippen LogP contribution in [0.5, 0.6) is 5.75 Å². The Morgan fingerprint density at radius 1 is 0.964 bits per heavy atom. The molecule has 0 aromatic heterocycles. The van der Waals surface area contributed by atoms with E-state index in [4.69, 9.17) is 4.74 Å². The van der Waals surface area contributed by atoms with Crippen LogP contribution in [-0.2, 0) is 15.8 Å². The first-order chi connectivity index (χ1) is 13.1. The maximum Gasteiger partial charge on any atom is 0.418 e. The van der Waals surface area contributed by atoms with Crippen LogP contribution in [0, 0.1) is 0 Å². The van der Waals surface area contributed by atoms with Crippen molar-refractivity contribution < 1.29 is 32.3 Å². The van der Waals surface area contributed by atoms with Crippen LogP contribution >= 0.6 is 0 Å². The molecule has 0 aliphatic rings. The number of ketones is 1. The van der Waals surface area contributed by atoms with Crippen molar-refractivity contribution in [2.24, 2.45) is 0 Å². The van der Waals surface area contributed by atoms with Crippen LogP contribution in [-0.4, -0.2) is 24.2 Å². The Bertz CT molecular complexity index is 910. The highest BCUT2D eigenvalue weighted by molar-refractivity contribution is 5.97. The van der Waals surface area contributed by atoms with E-state index in [1.54, 1.807) is 0 Å². The minimum atomic E-state index is -4.63. The number of carbonyl (C=O) groups excluding carboxylic acids is 3. The van der Waals surface area contributed by atoms with Crippen LogP contribution in [0.2, 0.25) is 0 Å². The molecule has 0 atom stereocenters. The second kappa shape index (κ2) is 8.55. The molecule has 28 heavy (non-hydrogen) atoms. The number of amides is 2. The molecule has 0 saturated heterocycles. The summed E-state index contributed by atoms with van der Waals surface area (Å²) in [5, 5.41) is 4.63. The summed E-state index contributed by atoms with van der Waals surface area (Å²) in [5.41, 5.74) is -0.878. The smallest absolute Gasteiger partial charge is 0.418 e. The van der Waals surface area contributed by atoms with E-state index >= 15 is 0 Å². The molecule has 0 saturated carbocycles. The predicted molar refractivity (Wildman–Crippen MR) is 96.3 cm³/mol. The molecule has 0 aliphatic carbocycles. The monoisotopic (exact) mass is 394 g/mol. The topological polar surface area (TPSA) is 84.5 Å². The lowest BCUT2D eigenvalue weighted by molar-refractivity contribution is -0.137. The summed E-state index contributed by atoms with van der Waals surface area (Å²) < 4.78 is 44.3. The number of anilines is 2. The lowest BCUT2D eigenvalue weighted by atomic mass is 10.1. The van der Waals surface area contributed by atoms with Crippen LogP contribution < -0.4 is 15.4 Å². The average Bonchev–Trinajstić information content (AvgIpc) is 2.59. The lowest BCUT2D eigenvalue weighted by Crippen LogP contribution is -2.22. The number of Topliss-reactive ketones (excluding diaryl/α,β-unsaturated/α-hetero) is 1. The molecule has 0 bridgehead atoms. The number of benzene rings is 2. The first-order valence-electron chi connectivity index (χ1n) is 8.09. The molecule has 2 amide bonds. The fraction of sp³-hybridized carbons (Fsp3) is 0.211. The van der Waals surface area contributed by atoms with Crippen LogP contribution in [0.4, 0.5) is 24.5 Å². The standard InChI is InChI=1S/C19H17F3N2O4/c1-11(25)13-7-8-16(23-12(2)26)17(9-13)28-10-18(27)24-15-6-4-3-5-14(15)19(20,21)22/h3-9H,10H2,1-2H3,(H,23,26)(H,24,27). The number of nitrogens with one attached hydrogen (secondary N) is 2. The second-order valence-electron chi connectivity index (χ2n) is 5.83. The molecule has 2 aromatic carbocycles. The molecule has 0 unspecified atom stereocenters. The van der Waals surface area contributed by atoms with Gasteiger partial charge in [0.2, 0.25) is 5.91 Å². The van der Waals surface area contributed by atoms with Crippen molar-refractivity contribution in [3.8, 4) is 5.75 Å². The van der Waals surface area contributed by atoms with E-state index in [0.29, 0.717) is 0 Å². The van der Waals surface area contributed by atoms with Crippen LogP contribution in [0.1, 0.15) is 29.8 Å². The Balaban J connectivity index is 2.16. The lowest BCUT2D eigenvalue weighted by Gasteiger charge is -2.15. The molecule has 0 radical (unpaired) electrons. The molecule has 6 nitrogen and oxygen atoms in total. The quantitative estimate of drug-likeness (QED) is 0.729. The number of para-hydroxylation sites is 1. The fourth-order valence-corrected chi connectivity index (χ4v) is 2.32. The van der Waals surface area contributed by atoms with Gasteiger partial charge in [0.05, 0.1) is 16.9 Å². The molecule has 0 aliphatic heterocycles. The minimum absolute atomic E-state index is 0.0437. The molecule has 2 rings (SSSR count). The number of hydrogen-bond donors (Lipinski definition) is 2. The molecule has 2 aromatic rings. The van der Waals surface area contributed by atoms with Crippen molar-refractivity contribution in [3.05, 3.63) is 53.6 Å². The van der Waals surface area contributed by atoms with E-state index in [0.717, 1.165) is 12.1 Å². The summed E-state index contributed by atoms with van der Waals surface area (Å²) in [4.78, 5) is 34.8. The first kappa shape index (κ1) is 20.9. The van der Waals surface area contributed by atoms with Crippen molar-refractivity contribution >= 4 is 29.0 Å². The average molecular weight is 394 g/mol. The summed E-state index contributed by atoms with van der Waals surface area (Å²) in [5.74, 6) is -1.45. The third kappa shape index (κ3) is 5.57. The number of alkyl halides is 3. The van der Waals surface area contributed by atoms with Crippen molar-refractivity contribution in [1.29, 1.82) is 0 Å². The maximum atomic E-state index is 13.0. The van der Waals surface area contributed by atoms with Crippen molar-refractivity contribution in [3.63, 3.8) is 0 Å². The van der Waals surface area contributed by atoms with Crippen molar-refractivity contribution in [1.82, 2.24) is 0 Å². The largest absolute Gasteiger partial charge is 0.482 e. The minimum Gasteiger partial charge on any atom is -0.482 e. The number of carbonyl (C=O) groups is 3. The second-order valence-corrected chi connectivity index (χ2v) is 5.83. The van der Waals surface area contributed by atoms with E-state index < -0.39 is 35.8 Å². The Morgan fingerprint density at radius 3 is 2.25 bits per heavy atom. The summed E-state index contributed by atoms with van der Waals surface area (Å²) in [6.45, 7) is 1.97. The Morgan fingerprint density at radius 2 is 1.64 bits per heavy atom. The third-order valence-corrected chi connectivity index (χ3v) is 3.56. The van der Waals surface area contributed by atoms with Gasteiger partial charge < -0.3 is 15.4 Å². The molecule has 148 valence electrons. The van der Waals surface area contributed by atoms with E-state index in [1.165, 1.54) is 44.2 Å². The van der Waals surface area contributed by atoms with E-state index in [-0.39, 0.29) is 22.8 Å². The van der Waals surface area contributed by atoms with Gasteiger partial charge in [0.25, 0.3) is 5.91 Å². The summed E-state index contributed by atoms with van der Waals surface area (Å²) in [6.07, 6.45) is -4.63. The Hall–Kier alpha value is -3.36. The molecular formula is C19H17F3N2O4. The van der Waals surface area contributed by atoms with E-state index in [1.807, 2.05) is 0 Å². The number of halogens is 3. The van der Waals surface area contributed by atoms with Gasteiger partial charge in [0.15, 0.2) is 12.4 Å². The number of ether oxygens (including phenoxy) is 1. The first-order valence-corrected chi connectivity index (χ1v) is 8.09. The predicted octanol–water partition coefficient (Wildman–Crippen LogP) is 3.88. The highest BCUT2D eigenvalue weighted by Crippen LogP contribution is 2.34. The Kier molecular flexibility index (Phi) is 6.40. The van der Waals surface area contributed by atoms with Gasteiger partial charge in [-0.1, -0.05) is 12.1 Å². The molecule has 0 fully saturated rings. The molecular weight excluding hydrogens is 377 g/mol. The van der Waals surface area contributed by atoms with Crippen LogP contribution in [0.3, 0.4) is 0 Å². The van der Waals surface area contributed by atoms with Crippen molar-refractivity contribution in [2.75, 3.05) is 17.2 Å². The summed E-state index contributed by atoms with van der Waals surface area (Å²) in [7, 11) is 0. The van der Waals surface area contributed by atoms with Gasteiger partial charge in [-0.05, 0) is 37.3 Å². The molecule has 0 spiro atoms. The van der Waals surface area contributed by atoms with Crippen LogP contribution in [0.25, 0.3) is 0 Å². The Labute approximate surface area is 158 Å². The summed E-state index contributed by atoms with van der Waals surface area (Å²) in [6, 6.07) is 8.79. The zero-order valence-electron chi connectivity index (χ0n) is 15.0. The fourth-order valence-electron chi connectivity index (χ4n) is 2.32.